The maximum Gasteiger partial charge on any atom is 0.321 e. The lowest BCUT2D eigenvalue weighted by atomic mass is 9.91. The molecule has 7 nitrogen and oxygen atoms in total. The first-order chi connectivity index (χ1) is 9.41. The Labute approximate surface area is 118 Å². The maximum absolute atomic E-state index is 11.8. The number of likely N-dealkylation sites (tertiary alicyclic amines) is 1. The van der Waals surface area contributed by atoms with E-state index < -0.39 is 12.0 Å². The Kier molecular flexibility index (Phi) is 6.44. The number of amides is 2. The standard InChI is InChI=1S/C13H23N3O4/c1-9-4-3-7-16(12(9)13(19)20)8-11(18)15-6-5-14-10(2)17/h9,12H,3-8H2,1-2H3,(H,14,17)(H,15,18)(H,19,20). The summed E-state index contributed by atoms with van der Waals surface area (Å²) < 4.78 is 0. The van der Waals surface area contributed by atoms with Crippen LogP contribution < -0.4 is 10.6 Å². The summed E-state index contributed by atoms with van der Waals surface area (Å²) in [6.45, 7) is 4.75. The summed E-state index contributed by atoms with van der Waals surface area (Å²) in [4.78, 5) is 35.4. The molecule has 0 spiro atoms. The quantitative estimate of drug-likeness (QED) is 0.567. The molecule has 7 heteroatoms. The molecule has 2 amide bonds. The number of hydrogen-bond acceptors (Lipinski definition) is 4. The molecule has 2 unspecified atom stereocenters. The SMILES string of the molecule is CC(=O)NCCNC(=O)CN1CCCC(C)C1C(=O)O. The molecule has 1 aliphatic rings. The number of piperidine rings is 1. The number of carbonyl (C=O) groups is 3. The summed E-state index contributed by atoms with van der Waals surface area (Å²) in [6, 6.07) is -0.593. The normalized spacial score (nSPS) is 23.1. The molecule has 1 saturated heterocycles. The highest BCUT2D eigenvalue weighted by Crippen LogP contribution is 2.23. The third kappa shape index (κ3) is 5.16. The highest BCUT2D eigenvalue weighted by Gasteiger charge is 2.34. The monoisotopic (exact) mass is 285 g/mol. The minimum Gasteiger partial charge on any atom is -0.480 e. The van der Waals surface area contributed by atoms with Gasteiger partial charge >= 0.3 is 5.97 Å². The van der Waals surface area contributed by atoms with E-state index in [4.69, 9.17) is 0 Å². The molecule has 1 rings (SSSR count). The number of aliphatic carboxylic acids is 1. The fourth-order valence-corrected chi connectivity index (χ4v) is 2.53. The Bertz CT molecular complexity index is 373. The number of carbonyl (C=O) groups excluding carboxylic acids is 2. The Morgan fingerprint density at radius 1 is 1.25 bits per heavy atom. The summed E-state index contributed by atoms with van der Waals surface area (Å²) in [5, 5.41) is 14.5. The molecule has 0 aromatic heterocycles. The van der Waals surface area contributed by atoms with Gasteiger partial charge in [-0.2, -0.15) is 0 Å². The Morgan fingerprint density at radius 2 is 1.90 bits per heavy atom. The average Bonchev–Trinajstić information content (AvgIpc) is 2.34. The summed E-state index contributed by atoms with van der Waals surface area (Å²) in [6.07, 6.45) is 1.78. The van der Waals surface area contributed by atoms with Crippen LogP contribution in [0, 0.1) is 5.92 Å². The van der Waals surface area contributed by atoms with E-state index in [9.17, 15) is 19.5 Å². The highest BCUT2D eigenvalue weighted by atomic mass is 16.4. The third-order valence-corrected chi connectivity index (χ3v) is 3.46. The van der Waals surface area contributed by atoms with Crippen LogP contribution in [0.3, 0.4) is 0 Å². The number of rotatable bonds is 6. The summed E-state index contributed by atoms with van der Waals surface area (Å²) in [5.74, 6) is -1.18. The number of carboxylic acid groups (broad SMARTS) is 1. The molecule has 1 fully saturated rings. The summed E-state index contributed by atoms with van der Waals surface area (Å²) in [7, 11) is 0. The smallest absolute Gasteiger partial charge is 0.321 e. The predicted octanol–water partition coefficient (Wildman–Crippen LogP) is -0.576. The van der Waals surface area contributed by atoms with Crippen molar-refractivity contribution in [2.45, 2.75) is 32.7 Å². The van der Waals surface area contributed by atoms with Gasteiger partial charge in [0.25, 0.3) is 0 Å². The topological polar surface area (TPSA) is 98.7 Å². The van der Waals surface area contributed by atoms with Gasteiger partial charge in [-0.15, -0.1) is 0 Å². The molecular formula is C13H23N3O4. The minimum atomic E-state index is -0.872. The van der Waals surface area contributed by atoms with Gasteiger partial charge in [0.1, 0.15) is 6.04 Å². The number of hydrogen-bond donors (Lipinski definition) is 3. The summed E-state index contributed by atoms with van der Waals surface area (Å²) in [5.41, 5.74) is 0. The average molecular weight is 285 g/mol. The molecule has 0 aromatic carbocycles. The van der Waals surface area contributed by atoms with Crippen molar-refractivity contribution in [2.75, 3.05) is 26.2 Å². The number of carboxylic acids is 1. The van der Waals surface area contributed by atoms with Crippen LogP contribution in [-0.4, -0.2) is 60.0 Å². The maximum atomic E-state index is 11.8. The summed E-state index contributed by atoms with van der Waals surface area (Å²) >= 11 is 0. The van der Waals surface area contributed by atoms with Crippen molar-refractivity contribution in [3.8, 4) is 0 Å². The van der Waals surface area contributed by atoms with Crippen molar-refractivity contribution in [3.05, 3.63) is 0 Å². The molecule has 1 heterocycles. The Morgan fingerprint density at radius 3 is 2.50 bits per heavy atom. The molecule has 0 bridgehead atoms. The van der Waals surface area contributed by atoms with Crippen LogP contribution in [0.4, 0.5) is 0 Å². The fraction of sp³-hybridized carbons (Fsp3) is 0.769. The Balaban J connectivity index is 2.39. The van der Waals surface area contributed by atoms with Gasteiger partial charge < -0.3 is 15.7 Å². The van der Waals surface area contributed by atoms with Gasteiger partial charge in [-0.05, 0) is 25.3 Å². The van der Waals surface area contributed by atoms with Crippen LogP contribution in [-0.2, 0) is 14.4 Å². The molecule has 0 aliphatic carbocycles. The fourth-order valence-electron chi connectivity index (χ4n) is 2.53. The molecule has 20 heavy (non-hydrogen) atoms. The molecule has 0 radical (unpaired) electrons. The van der Waals surface area contributed by atoms with Crippen LogP contribution in [0.5, 0.6) is 0 Å². The van der Waals surface area contributed by atoms with E-state index in [1.54, 1.807) is 4.90 Å². The van der Waals surface area contributed by atoms with E-state index in [-0.39, 0.29) is 24.3 Å². The van der Waals surface area contributed by atoms with Crippen molar-refractivity contribution in [1.29, 1.82) is 0 Å². The van der Waals surface area contributed by atoms with E-state index in [2.05, 4.69) is 10.6 Å². The molecule has 1 aliphatic heterocycles. The zero-order chi connectivity index (χ0) is 15.1. The van der Waals surface area contributed by atoms with Crippen molar-refractivity contribution in [2.24, 2.45) is 5.92 Å². The van der Waals surface area contributed by atoms with E-state index in [0.717, 1.165) is 12.8 Å². The molecular weight excluding hydrogens is 262 g/mol. The van der Waals surface area contributed by atoms with Gasteiger partial charge in [0.15, 0.2) is 0 Å². The van der Waals surface area contributed by atoms with Crippen LogP contribution in [0.15, 0.2) is 0 Å². The zero-order valence-electron chi connectivity index (χ0n) is 12.0. The lowest BCUT2D eigenvalue weighted by Gasteiger charge is -2.36. The van der Waals surface area contributed by atoms with Crippen LogP contribution in [0.2, 0.25) is 0 Å². The first kappa shape index (κ1) is 16.4. The number of nitrogens with one attached hydrogen (secondary N) is 2. The van der Waals surface area contributed by atoms with E-state index in [1.807, 2.05) is 6.92 Å². The van der Waals surface area contributed by atoms with E-state index in [1.165, 1.54) is 6.92 Å². The van der Waals surface area contributed by atoms with Crippen molar-refractivity contribution >= 4 is 17.8 Å². The lowest BCUT2D eigenvalue weighted by Crippen LogP contribution is -2.52. The Hall–Kier alpha value is -1.63. The second kappa shape index (κ2) is 7.84. The molecule has 0 saturated carbocycles. The van der Waals surface area contributed by atoms with Crippen molar-refractivity contribution < 1.29 is 19.5 Å². The van der Waals surface area contributed by atoms with Gasteiger partial charge in [-0.3, -0.25) is 19.3 Å². The van der Waals surface area contributed by atoms with Crippen LogP contribution in [0.1, 0.15) is 26.7 Å². The van der Waals surface area contributed by atoms with E-state index in [0.29, 0.717) is 19.6 Å². The molecule has 3 N–H and O–H groups in total. The molecule has 114 valence electrons. The predicted molar refractivity (Wildman–Crippen MR) is 73.1 cm³/mol. The van der Waals surface area contributed by atoms with Gasteiger partial charge in [0.05, 0.1) is 6.54 Å². The van der Waals surface area contributed by atoms with Gasteiger partial charge in [0.2, 0.25) is 11.8 Å². The van der Waals surface area contributed by atoms with Crippen molar-refractivity contribution in [3.63, 3.8) is 0 Å². The van der Waals surface area contributed by atoms with Gasteiger partial charge in [0, 0.05) is 20.0 Å². The first-order valence-corrected chi connectivity index (χ1v) is 6.89. The largest absolute Gasteiger partial charge is 0.480 e. The zero-order valence-corrected chi connectivity index (χ0v) is 12.0. The van der Waals surface area contributed by atoms with E-state index >= 15 is 0 Å². The third-order valence-electron chi connectivity index (χ3n) is 3.46. The van der Waals surface area contributed by atoms with Crippen LogP contribution in [0.25, 0.3) is 0 Å². The molecule has 2 atom stereocenters. The van der Waals surface area contributed by atoms with Crippen molar-refractivity contribution in [1.82, 2.24) is 15.5 Å². The lowest BCUT2D eigenvalue weighted by molar-refractivity contribution is -0.147. The molecule has 0 aromatic rings. The first-order valence-electron chi connectivity index (χ1n) is 6.89. The minimum absolute atomic E-state index is 0.0495. The second-order valence-corrected chi connectivity index (χ2v) is 5.21. The highest BCUT2D eigenvalue weighted by molar-refractivity contribution is 5.80. The second-order valence-electron chi connectivity index (χ2n) is 5.21. The van der Waals surface area contributed by atoms with Gasteiger partial charge in [-0.25, -0.2) is 0 Å². The van der Waals surface area contributed by atoms with Crippen LogP contribution >= 0.6 is 0 Å². The van der Waals surface area contributed by atoms with Gasteiger partial charge in [-0.1, -0.05) is 6.92 Å². The number of nitrogens with zero attached hydrogens (tertiary/aromatic N) is 1.